The second-order valence-electron chi connectivity index (χ2n) is 6.01. The van der Waals surface area contributed by atoms with E-state index in [0.29, 0.717) is 12.6 Å². The van der Waals surface area contributed by atoms with Crippen LogP contribution in [-0.2, 0) is 10.0 Å². The first kappa shape index (κ1) is 17.3. The number of rotatable bonds is 6. The molecular weight excluding hydrogens is 300 g/mol. The molecule has 1 aliphatic rings. The minimum Gasteiger partial charge on any atom is -0.306 e. The van der Waals surface area contributed by atoms with Crippen LogP contribution in [0.4, 0.5) is 0 Å². The van der Waals surface area contributed by atoms with Crippen molar-refractivity contribution < 1.29 is 8.42 Å². The van der Waals surface area contributed by atoms with Crippen molar-refractivity contribution in [3.63, 3.8) is 0 Å². The highest BCUT2D eigenvalue weighted by molar-refractivity contribution is 7.89. The maximum atomic E-state index is 12.4. The number of pyridine rings is 1. The van der Waals surface area contributed by atoms with Crippen LogP contribution in [0, 0.1) is 0 Å². The number of hydrogen-bond donors (Lipinski definition) is 0. The SMILES string of the molecule is CN1CCC(N(C)CCN(C)S(=O)(=O)c2ccccn2)CC1. The lowest BCUT2D eigenvalue weighted by molar-refractivity contribution is 0.141. The maximum absolute atomic E-state index is 12.4. The molecule has 0 amide bonds. The van der Waals surface area contributed by atoms with Gasteiger partial charge in [0, 0.05) is 32.4 Å². The number of piperidine rings is 1. The first-order valence-corrected chi connectivity index (χ1v) is 9.11. The molecule has 0 aromatic carbocycles. The third kappa shape index (κ3) is 4.25. The molecule has 1 aromatic rings. The highest BCUT2D eigenvalue weighted by Crippen LogP contribution is 2.15. The van der Waals surface area contributed by atoms with E-state index in [9.17, 15) is 8.42 Å². The van der Waals surface area contributed by atoms with Gasteiger partial charge in [0.15, 0.2) is 5.03 Å². The van der Waals surface area contributed by atoms with Crippen molar-refractivity contribution in [3.05, 3.63) is 24.4 Å². The fourth-order valence-electron chi connectivity index (χ4n) is 2.70. The number of aromatic nitrogens is 1. The summed E-state index contributed by atoms with van der Waals surface area (Å²) in [6.07, 6.45) is 3.79. The van der Waals surface area contributed by atoms with Crippen molar-refractivity contribution in [2.45, 2.75) is 23.9 Å². The van der Waals surface area contributed by atoms with Gasteiger partial charge in [-0.25, -0.2) is 13.4 Å². The molecule has 0 N–H and O–H groups in total. The summed E-state index contributed by atoms with van der Waals surface area (Å²) in [6, 6.07) is 5.49. The van der Waals surface area contributed by atoms with E-state index in [-0.39, 0.29) is 5.03 Å². The fourth-order valence-corrected chi connectivity index (χ4v) is 3.78. The minimum atomic E-state index is -3.49. The Balaban J connectivity index is 1.88. The summed E-state index contributed by atoms with van der Waals surface area (Å²) < 4.78 is 26.2. The zero-order valence-corrected chi connectivity index (χ0v) is 14.5. The Labute approximate surface area is 133 Å². The predicted molar refractivity (Wildman–Crippen MR) is 87.2 cm³/mol. The lowest BCUT2D eigenvalue weighted by Crippen LogP contribution is -2.44. The number of hydrogen-bond acceptors (Lipinski definition) is 5. The van der Waals surface area contributed by atoms with Crippen molar-refractivity contribution >= 4 is 10.0 Å². The maximum Gasteiger partial charge on any atom is 0.260 e. The van der Waals surface area contributed by atoms with Gasteiger partial charge in [0.05, 0.1) is 0 Å². The molecule has 1 aromatic heterocycles. The normalized spacial score (nSPS) is 18.2. The summed E-state index contributed by atoms with van der Waals surface area (Å²) in [7, 11) is 2.35. The van der Waals surface area contributed by atoms with E-state index in [2.05, 4.69) is 28.9 Å². The quantitative estimate of drug-likeness (QED) is 0.771. The summed E-state index contributed by atoms with van der Waals surface area (Å²) in [5, 5.41) is 0.111. The average Bonchev–Trinajstić information content (AvgIpc) is 2.53. The van der Waals surface area contributed by atoms with Gasteiger partial charge in [-0.1, -0.05) is 6.07 Å². The molecule has 2 heterocycles. The van der Waals surface area contributed by atoms with E-state index in [1.165, 1.54) is 16.6 Å². The summed E-state index contributed by atoms with van der Waals surface area (Å²) >= 11 is 0. The van der Waals surface area contributed by atoms with E-state index in [1.54, 1.807) is 19.2 Å². The van der Waals surface area contributed by atoms with Crippen molar-refractivity contribution in [1.29, 1.82) is 0 Å². The van der Waals surface area contributed by atoms with E-state index < -0.39 is 10.0 Å². The van der Waals surface area contributed by atoms with Gasteiger partial charge in [0.1, 0.15) is 0 Å². The van der Waals surface area contributed by atoms with E-state index in [1.807, 2.05) is 0 Å². The Morgan fingerprint density at radius 2 is 1.91 bits per heavy atom. The highest BCUT2D eigenvalue weighted by Gasteiger charge is 2.24. The third-order valence-electron chi connectivity index (χ3n) is 4.39. The average molecular weight is 326 g/mol. The first-order chi connectivity index (χ1) is 10.4. The summed E-state index contributed by atoms with van der Waals surface area (Å²) in [5.74, 6) is 0. The Hall–Kier alpha value is -1.02. The predicted octanol–water partition coefficient (Wildman–Crippen LogP) is 0.728. The van der Waals surface area contributed by atoms with Gasteiger partial charge in [0.2, 0.25) is 0 Å². The van der Waals surface area contributed by atoms with Crippen LogP contribution in [0.3, 0.4) is 0 Å². The van der Waals surface area contributed by atoms with Crippen LogP contribution in [0.1, 0.15) is 12.8 Å². The lowest BCUT2D eigenvalue weighted by Gasteiger charge is -2.35. The van der Waals surface area contributed by atoms with Crippen LogP contribution >= 0.6 is 0 Å². The fraction of sp³-hybridized carbons (Fsp3) is 0.667. The Kier molecular flexibility index (Phi) is 5.91. The van der Waals surface area contributed by atoms with Crippen molar-refractivity contribution in [2.24, 2.45) is 0 Å². The molecule has 1 aliphatic heterocycles. The van der Waals surface area contributed by atoms with Gasteiger partial charge in [0.25, 0.3) is 10.0 Å². The molecule has 22 heavy (non-hydrogen) atoms. The van der Waals surface area contributed by atoms with Crippen LogP contribution in [0.25, 0.3) is 0 Å². The molecule has 1 fully saturated rings. The van der Waals surface area contributed by atoms with Gasteiger partial charge in [-0.2, -0.15) is 4.31 Å². The summed E-state index contributed by atoms with van der Waals surface area (Å²) in [6.45, 7) is 3.42. The molecule has 2 rings (SSSR count). The van der Waals surface area contributed by atoms with Crippen molar-refractivity contribution in [1.82, 2.24) is 19.1 Å². The molecule has 0 bridgehead atoms. The molecule has 0 radical (unpaired) electrons. The first-order valence-electron chi connectivity index (χ1n) is 7.67. The number of likely N-dealkylation sites (tertiary alicyclic amines) is 1. The highest BCUT2D eigenvalue weighted by atomic mass is 32.2. The van der Waals surface area contributed by atoms with Gasteiger partial charge >= 0.3 is 0 Å². The van der Waals surface area contributed by atoms with Gasteiger partial charge in [-0.3, -0.25) is 0 Å². The van der Waals surface area contributed by atoms with Crippen molar-refractivity contribution in [3.8, 4) is 0 Å². The molecule has 7 heteroatoms. The third-order valence-corrected chi connectivity index (χ3v) is 6.16. The lowest BCUT2D eigenvalue weighted by atomic mass is 10.0. The van der Waals surface area contributed by atoms with E-state index >= 15 is 0 Å². The topological polar surface area (TPSA) is 56.8 Å². The molecule has 0 aliphatic carbocycles. The Morgan fingerprint density at radius 3 is 2.50 bits per heavy atom. The molecule has 0 atom stereocenters. The zero-order chi connectivity index (χ0) is 16.2. The monoisotopic (exact) mass is 326 g/mol. The van der Waals surface area contributed by atoms with Gasteiger partial charge in [-0.05, 0) is 52.2 Å². The second-order valence-corrected chi connectivity index (χ2v) is 8.00. The van der Waals surface area contributed by atoms with Crippen LogP contribution in [0.5, 0.6) is 0 Å². The summed E-state index contributed by atoms with van der Waals surface area (Å²) in [5.41, 5.74) is 0. The summed E-state index contributed by atoms with van der Waals surface area (Å²) in [4.78, 5) is 8.56. The molecule has 1 saturated heterocycles. The van der Waals surface area contributed by atoms with E-state index in [4.69, 9.17) is 0 Å². The zero-order valence-electron chi connectivity index (χ0n) is 13.6. The molecular formula is C15H26N4O2S. The van der Waals surface area contributed by atoms with Crippen LogP contribution in [0.2, 0.25) is 0 Å². The smallest absolute Gasteiger partial charge is 0.260 e. The van der Waals surface area contributed by atoms with Crippen LogP contribution in [0.15, 0.2) is 29.4 Å². The standard InChI is InChI=1S/C15H26N4O2S/c1-17-10-7-14(8-11-17)18(2)12-13-19(3)22(20,21)15-6-4-5-9-16-15/h4-6,9,14H,7-8,10-13H2,1-3H3. The molecule has 124 valence electrons. The number of likely N-dealkylation sites (N-methyl/N-ethyl adjacent to an activating group) is 2. The molecule has 0 saturated carbocycles. The van der Waals surface area contributed by atoms with Gasteiger partial charge in [-0.15, -0.1) is 0 Å². The Bertz CT molecular complexity index is 556. The second kappa shape index (κ2) is 7.50. The van der Waals surface area contributed by atoms with Crippen LogP contribution in [-0.4, -0.2) is 80.9 Å². The number of nitrogens with zero attached hydrogens (tertiary/aromatic N) is 4. The molecule has 0 unspecified atom stereocenters. The molecule has 6 nitrogen and oxygen atoms in total. The van der Waals surface area contributed by atoms with Crippen molar-refractivity contribution in [2.75, 3.05) is 47.3 Å². The Morgan fingerprint density at radius 1 is 1.23 bits per heavy atom. The largest absolute Gasteiger partial charge is 0.306 e. The molecule has 0 spiro atoms. The minimum absolute atomic E-state index is 0.111. The van der Waals surface area contributed by atoms with Gasteiger partial charge < -0.3 is 9.80 Å². The van der Waals surface area contributed by atoms with Crippen LogP contribution < -0.4 is 0 Å². The number of sulfonamides is 1. The van der Waals surface area contributed by atoms with E-state index in [0.717, 1.165) is 32.5 Å².